The molecule has 0 aromatic heterocycles. The van der Waals surface area contributed by atoms with E-state index in [1.807, 2.05) is 41.3 Å². The van der Waals surface area contributed by atoms with E-state index in [-0.39, 0.29) is 12.5 Å². The molecule has 0 saturated carbocycles. The highest BCUT2D eigenvalue weighted by Gasteiger charge is 2.24. The molecule has 0 bridgehead atoms. The van der Waals surface area contributed by atoms with E-state index in [2.05, 4.69) is 6.92 Å². The zero-order valence-corrected chi connectivity index (χ0v) is 16.3. The summed E-state index contributed by atoms with van der Waals surface area (Å²) in [6, 6.07) is 15.0. The molecule has 1 N–H and O–H groups in total. The predicted octanol–water partition coefficient (Wildman–Crippen LogP) is 3.81. The molecule has 5 nitrogen and oxygen atoms in total. The van der Waals surface area contributed by atoms with E-state index in [4.69, 9.17) is 4.74 Å². The monoisotopic (exact) mass is 381 g/mol. The number of hydrogen-bond acceptors (Lipinski definition) is 3. The Morgan fingerprint density at radius 2 is 1.75 bits per heavy atom. The van der Waals surface area contributed by atoms with Crippen LogP contribution in [0.4, 0.5) is 0 Å². The first-order valence-electron chi connectivity index (χ1n) is 9.87. The summed E-state index contributed by atoms with van der Waals surface area (Å²) in [4.78, 5) is 25.6. The molecule has 1 aliphatic heterocycles. The number of carbonyl (C=O) groups is 2. The number of amides is 1. The zero-order valence-electron chi connectivity index (χ0n) is 16.3. The SMILES string of the molecule is CCc1ccc(OCC(=O)N2CCC(Cc3ccccc3C(=O)O)CC2)cc1. The highest BCUT2D eigenvalue weighted by Crippen LogP contribution is 2.24. The van der Waals surface area contributed by atoms with E-state index >= 15 is 0 Å². The third-order valence-electron chi connectivity index (χ3n) is 5.42. The van der Waals surface area contributed by atoms with Gasteiger partial charge in [0.05, 0.1) is 5.56 Å². The third-order valence-corrected chi connectivity index (χ3v) is 5.42. The van der Waals surface area contributed by atoms with Crippen molar-refractivity contribution in [2.45, 2.75) is 32.6 Å². The Bertz CT molecular complexity index is 808. The van der Waals surface area contributed by atoms with Gasteiger partial charge in [-0.2, -0.15) is 0 Å². The van der Waals surface area contributed by atoms with Crippen LogP contribution >= 0.6 is 0 Å². The van der Waals surface area contributed by atoms with Crippen molar-refractivity contribution >= 4 is 11.9 Å². The molecule has 0 radical (unpaired) electrons. The van der Waals surface area contributed by atoms with Gasteiger partial charge in [-0.05, 0) is 60.9 Å². The number of likely N-dealkylation sites (tertiary alicyclic amines) is 1. The molecule has 0 aliphatic carbocycles. The summed E-state index contributed by atoms with van der Waals surface area (Å²) < 4.78 is 5.63. The molecule has 3 rings (SSSR count). The van der Waals surface area contributed by atoms with Crippen LogP contribution in [0, 0.1) is 5.92 Å². The molecular formula is C23H27NO4. The average molecular weight is 381 g/mol. The molecule has 2 aromatic rings. The highest BCUT2D eigenvalue weighted by molar-refractivity contribution is 5.89. The fourth-order valence-corrected chi connectivity index (χ4v) is 3.66. The zero-order chi connectivity index (χ0) is 19.9. The summed E-state index contributed by atoms with van der Waals surface area (Å²) in [7, 11) is 0. The predicted molar refractivity (Wildman–Crippen MR) is 108 cm³/mol. The summed E-state index contributed by atoms with van der Waals surface area (Å²) in [6.45, 7) is 3.54. The normalized spacial score (nSPS) is 14.7. The Balaban J connectivity index is 1.47. The van der Waals surface area contributed by atoms with Crippen LogP contribution in [0.3, 0.4) is 0 Å². The van der Waals surface area contributed by atoms with Crippen molar-refractivity contribution in [3.8, 4) is 5.75 Å². The van der Waals surface area contributed by atoms with E-state index < -0.39 is 5.97 Å². The lowest BCUT2D eigenvalue weighted by Gasteiger charge is -2.32. The van der Waals surface area contributed by atoms with E-state index in [1.54, 1.807) is 12.1 Å². The maximum Gasteiger partial charge on any atom is 0.335 e. The van der Waals surface area contributed by atoms with Crippen molar-refractivity contribution < 1.29 is 19.4 Å². The number of aryl methyl sites for hydroxylation is 1. The molecular weight excluding hydrogens is 354 g/mol. The molecule has 1 aliphatic rings. The minimum Gasteiger partial charge on any atom is -0.484 e. The summed E-state index contributed by atoms with van der Waals surface area (Å²) in [6.07, 6.45) is 3.48. The number of carboxylic acid groups (broad SMARTS) is 1. The van der Waals surface area contributed by atoms with Gasteiger partial charge in [-0.15, -0.1) is 0 Å². The molecule has 0 spiro atoms. The second-order valence-corrected chi connectivity index (χ2v) is 7.28. The van der Waals surface area contributed by atoms with Crippen LogP contribution in [-0.4, -0.2) is 41.6 Å². The molecule has 2 aromatic carbocycles. The van der Waals surface area contributed by atoms with Crippen molar-refractivity contribution in [3.63, 3.8) is 0 Å². The first kappa shape index (κ1) is 19.9. The largest absolute Gasteiger partial charge is 0.484 e. The molecule has 1 heterocycles. The molecule has 1 fully saturated rings. The number of nitrogens with zero attached hydrogens (tertiary/aromatic N) is 1. The summed E-state index contributed by atoms with van der Waals surface area (Å²) in [5.41, 5.74) is 2.49. The fourth-order valence-electron chi connectivity index (χ4n) is 3.66. The minimum atomic E-state index is -0.882. The molecule has 1 saturated heterocycles. The van der Waals surface area contributed by atoms with Crippen molar-refractivity contribution in [2.24, 2.45) is 5.92 Å². The first-order chi connectivity index (χ1) is 13.6. The van der Waals surface area contributed by atoms with Crippen molar-refractivity contribution in [1.29, 1.82) is 0 Å². The molecule has 1 amide bonds. The summed E-state index contributed by atoms with van der Waals surface area (Å²) in [5, 5.41) is 9.33. The number of carboxylic acids is 1. The molecule has 5 heteroatoms. The smallest absolute Gasteiger partial charge is 0.335 e. The Morgan fingerprint density at radius 3 is 2.39 bits per heavy atom. The number of piperidine rings is 1. The van der Waals surface area contributed by atoms with Gasteiger partial charge in [-0.3, -0.25) is 4.79 Å². The molecule has 28 heavy (non-hydrogen) atoms. The maximum atomic E-state index is 12.4. The van der Waals surface area contributed by atoms with E-state index in [0.717, 1.165) is 31.2 Å². The van der Waals surface area contributed by atoms with Gasteiger partial charge in [0.2, 0.25) is 0 Å². The van der Waals surface area contributed by atoms with Gasteiger partial charge in [-0.1, -0.05) is 37.3 Å². The van der Waals surface area contributed by atoms with E-state index in [1.165, 1.54) is 5.56 Å². The van der Waals surface area contributed by atoms with Crippen molar-refractivity contribution in [1.82, 2.24) is 4.90 Å². The molecule has 148 valence electrons. The minimum absolute atomic E-state index is 0.00366. The Labute approximate surface area is 165 Å². The number of rotatable bonds is 7. The molecule has 0 unspecified atom stereocenters. The van der Waals surface area contributed by atoms with Crippen LogP contribution < -0.4 is 4.74 Å². The van der Waals surface area contributed by atoms with Gasteiger partial charge in [0.15, 0.2) is 6.61 Å². The van der Waals surface area contributed by atoms with Crippen LogP contribution in [0.5, 0.6) is 5.75 Å². The van der Waals surface area contributed by atoms with Crippen molar-refractivity contribution in [3.05, 3.63) is 65.2 Å². The Morgan fingerprint density at radius 1 is 1.07 bits per heavy atom. The lowest BCUT2D eigenvalue weighted by atomic mass is 9.88. The number of ether oxygens (including phenoxy) is 1. The number of aromatic carboxylic acids is 1. The van der Waals surface area contributed by atoms with E-state index in [0.29, 0.717) is 30.3 Å². The van der Waals surface area contributed by atoms with Crippen LogP contribution in [0.1, 0.15) is 41.3 Å². The van der Waals surface area contributed by atoms with E-state index in [9.17, 15) is 14.7 Å². The van der Waals surface area contributed by atoms with Gasteiger partial charge >= 0.3 is 5.97 Å². The summed E-state index contributed by atoms with van der Waals surface area (Å²) >= 11 is 0. The number of hydrogen-bond donors (Lipinski definition) is 1. The lowest BCUT2D eigenvalue weighted by molar-refractivity contribution is -0.134. The van der Waals surface area contributed by atoms with Crippen LogP contribution in [-0.2, 0) is 17.6 Å². The Kier molecular flexibility index (Phi) is 6.69. The van der Waals surface area contributed by atoms with Gasteiger partial charge in [-0.25, -0.2) is 4.79 Å². The number of benzene rings is 2. The third kappa shape index (κ3) is 5.12. The van der Waals surface area contributed by atoms with Crippen LogP contribution in [0.15, 0.2) is 48.5 Å². The lowest BCUT2D eigenvalue weighted by Crippen LogP contribution is -2.41. The van der Waals surface area contributed by atoms with Gasteiger partial charge in [0.1, 0.15) is 5.75 Å². The topological polar surface area (TPSA) is 66.8 Å². The van der Waals surface area contributed by atoms with Gasteiger partial charge < -0.3 is 14.7 Å². The summed E-state index contributed by atoms with van der Waals surface area (Å²) in [5.74, 6) is 0.231. The quantitative estimate of drug-likeness (QED) is 0.792. The second-order valence-electron chi connectivity index (χ2n) is 7.28. The first-order valence-corrected chi connectivity index (χ1v) is 9.87. The Hall–Kier alpha value is -2.82. The van der Waals surface area contributed by atoms with Crippen molar-refractivity contribution in [2.75, 3.05) is 19.7 Å². The van der Waals surface area contributed by atoms with Crippen LogP contribution in [0.2, 0.25) is 0 Å². The highest BCUT2D eigenvalue weighted by atomic mass is 16.5. The average Bonchev–Trinajstić information content (AvgIpc) is 2.73. The number of carbonyl (C=O) groups excluding carboxylic acids is 1. The second kappa shape index (κ2) is 9.40. The maximum absolute atomic E-state index is 12.4. The standard InChI is InChI=1S/C23H27NO4/c1-2-17-7-9-20(10-8-17)28-16-22(25)24-13-11-18(12-14-24)15-19-5-3-4-6-21(19)23(26)27/h3-10,18H,2,11-16H2,1H3,(H,26,27). The fraction of sp³-hybridized carbons (Fsp3) is 0.391. The van der Waals surface area contributed by atoms with Gasteiger partial charge in [0.25, 0.3) is 5.91 Å². The van der Waals surface area contributed by atoms with Crippen LogP contribution in [0.25, 0.3) is 0 Å². The molecule has 0 atom stereocenters. The van der Waals surface area contributed by atoms with Gasteiger partial charge in [0, 0.05) is 13.1 Å².